The number of anilines is 2. The summed E-state index contributed by atoms with van der Waals surface area (Å²) in [6, 6.07) is 0.138. The Morgan fingerprint density at radius 2 is 2.14 bits per heavy atom. The Balaban J connectivity index is 2.03. The summed E-state index contributed by atoms with van der Waals surface area (Å²) in [7, 11) is 0. The third kappa shape index (κ3) is 2.76. The number of aliphatic hydroxyl groups is 1. The number of aliphatic hydroxyl groups excluding tert-OH is 1. The molecular formula is C15H22N6O. The number of rotatable bonds is 3. The predicted molar refractivity (Wildman–Crippen MR) is 86.5 cm³/mol. The first kappa shape index (κ1) is 14.8. The molecule has 1 aliphatic carbocycles. The molecule has 22 heavy (non-hydrogen) atoms. The van der Waals surface area contributed by atoms with E-state index in [1.54, 1.807) is 6.33 Å². The van der Waals surface area contributed by atoms with E-state index >= 15 is 0 Å². The topological polar surface area (TPSA) is 102 Å². The van der Waals surface area contributed by atoms with Crippen molar-refractivity contribution >= 4 is 22.9 Å². The molecule has 0 saturated carbocycles. The van der Waals surface area contributed by atoms with Gasteiger partial charge in [-0.2, -0.15) is 9.97 Å². The Morgan fingerprint density at radius 3 is 2.77 bits per heavy atom. The third-order valence-electron chi connectivity index (χ3n) is 3.67. The Morgan fingerprint density at radius 1 is 1.36 bits per heavy atom. The van der Waals surface area contributed by atoms with Gasteiger partial charge in [0.15, 0.2) is 17.0 Å². The summed E-state index contributed by atoms with van der Waals surface area (Å²) in [4.78, 5) is 13.1. The highest BCUT2D eigenvalue weighted by Gasteiger charge is 2.24. The molecule has 0 radical (unpaired) electrons. The van der Waals surface area contributed by atoms with Crippen LogP contribution in [0.3, 0.4) is 0 Å². The van der Waals surface area contributed by atoms with Gasteiger partial charge in [-0.15, -0.1) is 0 Å². The van der Waals surface area contributed by atoms with Crippen LogP contribution in [0.15, 0.2) is 18.5 Å². The number of nitrogen functional groups attached to an aromatic ring is 1. The highest BCUT2D eigenvalue weighted by Crippen LogP contribution is 2.31. The molecule has 0 bridgehead atoms. The quantitative estimate of drug-likeness (QED) is 0.746. The number of fused-ring (bicyclic) bond motifs is 1. The van der Waals surface area contributed by atoms with Crippen LogP contribution in [-0.4, -0.2) is 36.8 Å². The van der Waals surface area contributed by atoms with Crippen molar-refractivity contribution in [2.45, 2.75) is 38.8 Å². The molecule has 0 aliphatic heterocycles. The van der Waals surface area contributed by atoms with E-state index in [2.05, 4.69) is 47.1 Å². The van der Waals surface area contributed by atoms with Crippen LogP contribution in [0.2, 0.25) is 0 Å². The van der Waals surface area contributed by atoms with E-state index in [9.17, 15) is 5.11 Å². The molecule has 4 N–H and O–H groups in total. The van der Waals surface area contributed by atoms with E-state index in [0.717, 1.165) is 6.42 Å². The van der Waals surface area contributed by atoms with Crippen LogP contribution < -0.4 is 11.1 Å². The maximum atomic E-state index is 9.28. The van der Waals surface area contributed by atoms with Gasteiger partial charge in [-0.1, -0.05) is 12.2 Å². The fourth-order valence-electron chi connectivity index (χ4n) is 2.71. The molecule has 0 aromatic carbocycles. The number of aromatic nitrogens is 4. The monoisotopic (exact) mass is 302 g/mol. The van der Waals surface area contributed by atoms with E-state index in [-0.39, 0.29) is 30.1 Å². The van der Waals surface area contributed by atoms with Crippen LogP contribution in [0.5, 0.6) is 0 Å². The van der Waals surface area contributed by atoms with Gasteiger partial charge in [0.25, 0.3) is 0 Å². The average Bonchev–Trinajstić information content (AvgIpc) is 3.01. The Bertz CT molecular complexity index is 715. The van der Waals surface area contributed by atoms with Gasteiger partial charge in [-0.05, 0) is 27.2 Å². The molecule has 0 amide bonds. The minimum absolute atomic E-state index is 0.138. The zero-order valence-corrected chi connectivity index (χ0v) is 13.1. The van der Waals surface area contributed by atoms with Crippen LogP contribution in [0, 0.1) is 5.92 Å². The molecular weight excluding hydrogens is 280 g/mol. The van der Waals surface area contributed by atoms with Crippen molar-refractivity contribution in [3.8, 4) is 0 Å². The highest BCUT2D eigenvalue weighted by atomic mass is 16.3. The molecule has 3 rings (SSSR count). The average molecular weight is 302 g/mol. The van der Waals surface area contributed by atoms with Gasteiger partial charge in [0.1, 0.15) is 0 Å². The van der Waals surface area contributed by atoms with E-state index in [1.165, 1.54) is 0 Å². The van der Waals surface area contributed by atoms with Crippen molar-refractivity contribution in [3.63, 3.8) is 0 Å². The van der Waals surface area contributed by atoms with Crippen LogP contribution in [0.1, 0.15) is 33.2 Å². The summed E-state index contributed by atoms with van der Waals surface area (Å²) >= 11 is 0. The number of nitrogens with zero attached hydrogens (tertiary/aromatic N) is 4. The lowest BCUT2D eigenvalue weighted by Gasteiger charge is -2.21. The molecule has 0 fully saturated rings. The lowest BCUT2D eigenvalue weighted by molar-refractivity contribution is 0.244. The van der Waals surface area contributed by atoms with Crippen molar-refractivity contribution in [3.05, 3.63) is 18.5 Å². The number of hydrogen-bond acceptors (Lipinski definition) is 6. The normalized spacial score (nSPS) is 21.6. The summed E-state index contributed by atoms with van der Waals surface area (Å²) in [5.74, 6) is 1.06. The van der Waals surface area contributed by atoms with E-state index in [0.29, 0.717) is 17.0 Å². The van der Waals surface area contributed by atoms with Crippen molar-refractivity contribution in [1.82, 2.24) is 19.5 Å². The molecule has 118 valence electrons. The van der Waals surface area contributed by atoms with Gasteiger partial charge < -0.3 is 20.7 Å². The number of imidazole rings is 1. The van der Waals surface area contributed by atoms with Gasteiger partial charge in [0.2, 0.25) is 5.95 Å². The van der Waals surface area contributed by atoms with Crippen LogP contribution >= 0.6 is 0 Å². The lowest BCUT2D eigenvalue weighted by Crippen LogP contribution is -2.27. The molecule has 7 nitrogen and oxygen atoms in total. The maximum Gasteiger partial charge on any atom is 0.224 e. The first-order valence-electron chi connectivity index (χ1n) is 7.45. The largest absolute Gasteiger partial charge is 0.396 e. The van der Waals surface area contributed by atoms with Crippen molar-refractivity contribution in [2.24, 2.45) is 5.92 Å². The summed E-state index contributed by atoms with van der Waals surface area (Å²) in [5.41, 5.74) is 7.14. The smallest absolute Gasteiger partial charge is 0.224 e. The van der Waals surface area contributed by atoms with Gasteiger partial charge in [0, 0.05) is 18.1 Å². The second kappa shape index (κ2) is 5.24. The summed E-state index contributed by atoms with van der Waals surface area (Å²) < 4.78 is 1.99. The fourth-order valence-corrected chi connectivity index (χ4v) is 2.71. The van der Waals surface area contributed by atoms with Crippen LogP contribution in [-0.2, 0) is 0 Å². The highest BCUT2D eigenvalue weighted by molar-refractivity contribution is 5.84. The summed E-state index contributed by atoms with van der Waals surface area (Å²) in [6.45, 7) is 6.33. The minimum atomic E-state index is -0.146. The standard InChI is InChI=1S/C15H22N6O/c1-15(2,3)20-12-11-13(19-14(16)18-12)21(8-17-11)10-5-4-9(6-10)7-22/h4-5,8-10,22H,6-7H2,1-3H3,(H3,16,18,19,20)/t9-,10+/m1/s1. The molecule has 2 heterocycles. The second-order valence-electron chi connectivity index (χ2n) is 6.76. The van der Waals surface area contributed by atoms with E-state index in [1.807, 2.05) is 10.6 Å². The van der Waals surface area contributed by atoms with E-state index in [4.69, 9.17) is 5.73 Å². The van der Waals surface area contributed by atoms with Gasteiger partial charge in [0.05, 0.1) is 12.4 Å². The SMILES string of the molecule is CC(C)(C)Nc1nc(N)nc2c1ncn2[C@H]1C=C[C@@H](CO)C1. The molecule has 2 aromatic heterocycles. The number of nitrogens with two attached hydrogens (primary N) is 1. The van der Waals surface area contributed by atoms with E-state index < -0.39 is 0 Å². The predicted octanol–water partition coefficient (Wildman–Crippen LogP) is 1.73. The van der Waals surface area contributed by atoms with Crippen molar-refractivity contribution in [1.29, 1.82) is 0 Å². The Kier molecular flexibility index (Phi) is 3.52. The zero-order valence-electron chi connectivity index (χ0n) is 13.1. The molecule has 2 aromatic rings. The first-order chi connectivity index (χ1) is 10.4. The molecule has 0 saturated heterocycles. The maximum absolute atomic E-state index is 9.28. The summed E-state index contributed by atoms with van der Waals surface area (Å²) in [5, 5.41) is 12.6. The van der Waals surface area contributed by atoms with Crippen molar-refractivity contribution in [2.75, 3.05) is 17.7 Å². The zero-order chi connectivity index (χ0) is 15.9. The molecule has 0 unspecified atom stereocenters. The molecule has 2 atom stereocenters. The van der Waals surface area contributed by atoms with Crippen molar-refractivity contribution < 1.29 is 5.11 Å². The lowest BCUT2D eigenvalue weighted by atomic mass is 10.1. The number of nitrogens with one attached hydrogen (secondary N) is 1. The molecule has 1 aliphatic rings. The Hall–Kier alpha value is -2.15. The number of hydrogen-bond donors (Lipinski definition) is 3. The van der Waals surface area contributed by atoms with Crippen LogP contribution in [0.4, 0.5) is 11.8 Å². The first-order valence-corrected chi connectivity index (χ1v) is 7.45. The van der Waals surface area contributed by atoms with Crippen LogP contribution in [0.25, 0.3) is 11.2 Å². The van der Waals surface area contributed by atoms with Gasteiger partial charge in [-0.25, -0.2) is 4.98 Å². The van der Waals surface area contributed by atoms with Gasteiger partial charge >= 0.3 is 0 Å². The van der Waals surface area contributed by atoms with Gasteiger partial charge in [-0.3, -0.25) is 0 Å². The molecule has 7 heteroatoms. The summed E-state index contributed by atoms with van der Waals surface area (Å²) in [6.07, 6.45) is 6.72. The molecule has 0 spiro atoms. The third-order valence-corrected chi connectivity index (χ3v) is 3.67. The number of allylic oxidation sites excluding steroid dienone is 1. The second-order valence-corrected chi connectivity index (χ2v) is 6.76. The fraction of sp³-hybridized carbons (Fsp3) is 0.533. The Labute approximate surface area is 129 Å². The minimum Gasteiger partial charge on any atom is -0.396 e.